The molecule has 0 radical (unpaired) electrons. The summed E-state index contributed by atoms with van der Waals surface area (Å²) in [7, 11) is 1.75. The number of aryl methyl sites for hydroxylation is 1. The van der Waals surface area contributed by atoms with Crippen molar-refractivity contribution in [1.82, 2.24) is 9.78 Å². The van der Waals surface area contributed by atoms with Gasteiger partial charge in [0.2, 0.25) is 5.82 Å². The van der Waals surface area contributed by atoms with Crippen molar-refractivity contribution >= 4 is 11.5 Å². The van der Waals surface area contributed by atoms with Gasteiger partial charge < -0.3 is 5.32 Å². The van der Waals surface area contributed by atoms with Gasteiger partial charge in [0.05, 0.1) is 4.92 Å². The second-order valence-electron chi connectivity index (χ2n) is 5.66. The van der Waals surface area contributed by atoms with E-state index in [2.05, 4.69) is 24.3 Å². The Kier molecular flexibility index (Phi) is 5.98. The number of nitro groups is 1. The minimum Gasteiger partial charge on any atom is -0.362 e. The molecule has 0 amide bonds. The smallest absolute Gasteiger partial charge is 0.334 e. The summed E-state index contributed by atoms with van der Waals surface area (Å²) in [5.41, 5.74) is 0.658. The second kappa shape index (κ2) is 7.26. The summed E-state index contributed by atoms with van der Waals surface area (Å²) in [5, 5.41) is 18.9. The zero-order valence-electron chi connectivity index (χ0n) is 13.1. The van der Waals surface area contributed by atoms with Crippen LogP contribution < -0.4 is 5.32 Å². The van der Waals surface area contributed by atoms with E-state index < -0.39 is 0 Å². The third-order valence-corrected chi connectivity index (χ3v) is 3.40. The summed E-state index contributed by atoms with van der Waals surface area (Å²) in [6.07, 6.45) is 4.51. The van der Waals surface area contributed by atoms with Gasteiger partial charge in [0.15, 0.2) is 0 Å². The van der Waals surface area contributed by atoms with Crippen LogP contribution in [0.4, 0.5) is 11.5 Å². The zero-order chi connectivity index (χ0) is 15.3. The molecule has 1 rings (SSSR count). The highest BCUT2D eigenvalue weighted by Gasteiger charge is 2.28. The molecule has 1 unspecified atom stereocenters. The summed E-state index contributed by atoms with van der Waals surface area (Å²) in [6.45, 7) is 8.06. The van der Waals surface area contributed by atoms with Gasteiger partial charge in [-0.2, -0.15) is 5.10 Å². The van der Waals surface area contributed by atoms with Gasteiger partial charge in [-0.15, -0.1) is 0 Å². The Morgan fingerprint density at radius 2 is 2.00 bits per heavy atom. The first-order valence-corrected chi connectivity index (χ1v) is 7.36. The van der Waals surface area contributed by atoms with Crippen molar-refractivity contribution in [2.75, 3.05) is 5.32 Å². The third kappa shape index (κ3) is 3.95. The Hall–Kier alpha value is -1.59. The van der Waals surface area contributed by atoms with Gasteiger partial charge in [-0.1, -0.05) is 40.0 Å². The molecule has 0 spiro atoms. The maximum Gasteiger partial charge on any atom is 0.334 e. The average molecular weight is 282 g/mol. The van der Waals surface area contributed by atoms with Crippen LogP contribution in [0.3, 0.4) is 0 Å². The van der Waals surface area contributed by atoms with Crippen molar-refractivity contribution in [3.8, 4) is 0 Å². The van der Waals surface area contributed by atoms with E-state index in [4.69, 9.17) is 0 Å². The summed E-state index contributed by atoms with van der Waals surface area (Å²) >= 11 is 0. The highest BCUT2D eigenvalue weighted by molar-refractivity contribution is 5.61. The maximum atomic E-state index is 11.3. The SMILES string of the molecule is CCCCCC(C)Nc1c([N+](=O)[O-])c(C(C)C)nn1C. The van der Waals surface area contributed by atoms with Crippen LogP contribution in [0.15, 0.2) is 0 Å². The third-order valence-electron chi connectivity index (χ3n) is 3.40. The first-order valence-electron chi connectivity index (χ1n) is 7.36. The van der Waals surface area contributed by atoms with E-state index in [1.54, 1.807) is 11.7 Å². The standard InChI is InChI=1S/C14H26N4O2/c1-6-7-8-9-11(4)15-14-13(18(19)20)12(10(2)3)16-17(14)5/h10-11,15H,6-9H2,1-5H3. The Morgan fingerprint density at radius 1 is 1.35 bits per heavy atom. The highest BCUT2D eigenvalue weighted by Crippen LogP contribution is 2.33. The Morgan fingerprint density at radius 3 is 2.50 bits per heavy atom. The van der Waals surface area contributed by atoms with E-state index >= 15 is 0 Å². The molecule has 0 aliphatic heterocycles. The molecule has 1 atom stereocenters. The predicted molar refractivity (Wildman–Crippen MR) is 81.2 cm³/mol. The molecule has 1 heterocycles. The van der Waals surface area contributed by atoms with E-state index in [1.807, 2.05) is 13.8 Å². The van der Waals surface area contributed by atoms with Gasteiger partial charge in [-0.05, 0) is 13.3 Å². The first-order chi connectivity index (χ1) is 9.38. The van der Waals surface area contributed by atoms with Crippen molar-refractivity contribution in [1.29, 1.82) is 0 Å². The van der Waals surface area contributed by atoms with Gasteiger partial charge >= 0.3 is 5.69 Å². The molecule has 1 aromatic heterocycles. The molecular formula is C14H26N4O2. The number of nitrogens with zero attached hydrogens (tertiary/aromatic N) is 3. The predicted octanol–water partition coefficient (Wildman–Crippen LogP) is 3.83. The van der Waals surface area contributed by atoms with Crippen molar-refractivity contribution in [3.05, 3.63) is 15.8 Å². The lowest BCUT2D eigenvalue weighted by Crippen LogP contribution is -2.18. The van der Waals surface area contributed by atoms with Gasteiger partial charge in [0, 0.05) is 19.0 Å². The first kappa shape index (κ1) is 16.5. The number of hydrogen-bond acceptors (Lipinski definition) is 4. The van der Waals surface area contributed by atoms with Gasteiger partial charge in [0.25, 0.3) is 0 Å². The van der Waals surface area contributed by atoms with Crippen LogP contribution in [0.2, 0.25) is 0 Å². The molecule has 0 aliphatic rings. The van der Waals surface area contributed by atoms with Crippen molar-refractivity contribution < 1.29 is 4.92 Å². The summed E-state index contributed by atoms with van der Waals surface area (Å²) in [5.74, 6) is 0.551. The van der Waals surface area contributed by atoms with Crippen LogP contribution in [0.1, 0.15) is 65.0 Å². The number of nitrogens with one attached hydrogen (secondary N) is 1. The molecule has 6 nitrogen and oxygen atoms in total. The van der Waals surface area contributed by atoms with Crippen LogP contribution in [-0.2, 0) is 7.05 Å². The lowest BCUT2D eigenvalue weighted by atomic mass is 10.1. The molecule has 1 aromatic rings. The van der Waals surface area contributed by atoms with E-state index in [-0.39, 0.29) is 22.6 Å². The van der Waals surface area contributed by atoms with Crippen molar-refractivity contribution in [2.24, 2.45) is 7.05 Å². The van der Waals surface area contributed by atoms with E-state index in [1.165, 1.54) is 12.8 Å². The number of unbranched alkanes of at least 4 members (excludes halogenated alkanes) is 2. The minimum atomic E-state index is -0.330. The fourth-order valence-electron chi connectivity index (χ4n) is 2.27. The lowest BCUT2D eigenvalue weighted by molar-refractivity contribution is -0.384. The minimum absolute atomic E-state index is 0.0348. The van der Waals surface area contributed by atoms with Crippen LogP contribution in [-0.4, -0.2) is 20.7 Å². The van der Waals surface area contributed by atoms with E-state index in [0.717, 1.165) is 12.8 Å². The van der Waals surface area contributed by atoms with E-state index in [0.29, 0.717) is 11.5 Å². The molecule has 20 heavy (non-hydrogen) atoms. The van der Waals surface area contributed by atoms with Crippen LogP contribution in [0.25, 0.3) is 0 Å². The normalized spacial score (nSPS) is 12.7. The summed E-state index contributed by atoms with van der Waals surface area (Å²) in [6, 6.07) is 0.204. The lowest BCUT2D eigenvalue weighted by Gasteiger charge is -2.14. The quantitative estimate of drug-likeness (QED) is 0.447. The fraction of sp³-hybridized carbons (Fsp3) is 0.786. The van der Waals surface area contributed by atoms with Crippen molar-refractivity contribution in [2.45, 2.75) is 65.3 Å². The topological polar surface area (TPSA) is 73.0 Å². The van der Waals surface area contributed by atoms with E-state index in [9.17, 15) is 10.1 Å². The maximum absolute atomic E-state index is 11.3. The highest BCUT2D eigenvalue weighted by atomic mass is 16.6. The number of hydrogen-bond donors (Lipinski definition) is 1. The molecule has 0 aromatic carbocycles. The molecule has 0 saturated carbocycles. The number of anilines is 1. The molecular weight excluding hydrogens is 256 g/mol. The molecule has 114 valence electrons. The number of aromatic nitrogens is 2. The Balaban J connectivity index is 2.91. The molecule has 0 saturated heterocycles. The Bertz CT molecular complexity index is 454. The molecule has 0 bridgehead atoms. The largest absolute Gasteiger partial charge is 0.362 e. The van der Waals surface area contributed by atoms with Gasteiger partial charge in [-0.3, -0.25) is 10.1 Å². The molecule has 1 N–H and O–H groups in total. The summed E-state index contributed by atoms with van der Waals surface area (Å²) in [4.78, 5) is 11.0. The van der Waals surface area contributed by atoms with Crippen LogP contribution in [0.5, 0.6) is 0 Å². The Labute approximate surface area is 120 Å². The van der Waals surface area contributed by atoms with Gasteiger partial charge in [-0.25, -0.2) is 4.68 Å². The number of rotatable bonds is 8. The molecule has 0 aliphatic carbocycles. The molecule has 6 heteroatoms. The monoisotopic (exact) mass is 282 g/mol. The zero-order valence-corrected chi connectivity index (χ0v) is 13.1. The van der Waals surface area contributed by atoms with Gasteiger partial charge in [0.1, 0.15) is 5.69 Å². The van der Waals surface area contributed by atoms with Crippen LogP contribution >= 0.6 is 0 Å². The summed E-state index contributed by atoms with van der Waals surface area (Å²) < 4.78 is 1.59. The average Bonchev–Trinajstić information content (AvgIpc) is 2.67. The molecule has 0 fully saturated rings. The van der Waals surface area contributed by atoms with Crippen molar-refractivity contribution in [3.63, 3.8) is 0 Å². The second-order valence-corrected chi connectivity index (χ2v) is 5.66. The fourth-order valence-corrected chi connectivity index (χ4v) is 2.27. The van der Waals surface area contributed by atoms with Crippen LogP contribution in [0, 0.1) is 10.1 Å².